The minimum Gasteiger partial charge on any atom is -0.314 e. The van der Waals surface area contributed by atoms with Gasteiger partial charge in [-0.3, -0.25) is 4.90 Å². The topological polar surface area (TPSA) is 39.1 Å². The third-order valence-electron chi connectivity index (χ3n) is 2.82. The van der Waals surface area contributed by atoms with Gasteiger partial charge in [0.05, 0.1) is 6.07 Å². The second kappa shape index (κ2) is 5.31. The minimum absolute atomic E-state index is 0.153. The Bertz CT molecular complexity index is 376. The molecule has 2 rings (SSSR count). The van der Waals surface area contributed by atoms with Gasteiger partial charge in [-0.05, 0) is 17.7 Å². The summed E-state index contributed by atoms with van der Waals surface area (Å²) >= 11 is 5.84. The van der Waals surface area contributed by atoms with E-state index in [2.05, 4.69) is 16.3 Å². The lowest BCUT2D eigenvalue weighted by Crippen LogP contribution is -2.44. The molecule has 16 heavy (non-hydrogen) atoms. The highest BCUT2D eigenvalue weighted by Gasteiger charge is 2.21. The molecule has 0 aromatic heterocycles. The minimum atomic E-state index is -0.153. The summed E-state index contributed by atoms with van der Waals surface area (Å²) in [7, 11) is 0. The van der Waals surface area contributed by atoms with Gasteiger partial charge in [-0.15, -0.1) is 0 Å². The van der Waals surface area contributed by atoms with Crippen LogP contribution in [-0.2, 0) is 0 Å². The average Bonchev–Trinajstić information content (AvgIpc) is 2.34. The maximum absolute atomic E-state index is 9.26. The number of piperazine rings is 1. The van der Waals surface area contributed by atoms with Crippen LogP contribution in [0.3, 0.4) is 0 Å². The van der Waals surface area contributed by atoms with E-state index in [4.69, 9.17) is 11.6 Å². The third kappa shape index (κ3) is 2.53. The first-order valence-corrected chi connectivity index (χ1v) is 5.79. The maximum Gasteiger partial charge on any atom is 0.123 e. The van der Waals surface area contributed by atoms with Crippen molar-refractivity contribution in [3.63, 3.8) is 0 Å². The zero-order valence-electron chi connectivity index (χ0n) is 8.99. The fraction of sp³-hybridized carbons (Fsp3) is 0.417. The van der Waals surface area contributed by atoms with Crippen molar-refractivity contribution in [3.8, 4) is 6.07 Å². The molecule has 1 aromatic carbocycles. The van der Waals surface area contributed by atoms with Crippen molar-refractivity contribution in [2.45, 2.75) is 6.04 Å². The molecular formula is C12H14ClN3. The molecule has 0 amide bonds. The van der Waals surface area contributed by atoms with E-state index < -0.39 is 0 Å². The summed E-state index contributed by atoms with van der Waals surface area (Å²) in [5.41, 5.74) is 1.02. The lowest BCUT2D eigenvalue weighted by atomic mass is 10.1. The van der Waals surface area contributed by atoms with E-state index in [-0.39, 0.29) is 6.04 Å². The Balaban J connectivity index is 2.15. The van der Waals surface area contributed by atoms with Crippen molar-refractivity contribution in [1.29, 1.82) is 5.26 Å². The Kier molecular flexibility index (Phi) is 3.79. The van der Waals surface area contributed by atoms with Gasteiger partial charge >= 0.3 is 0 Å². The molecule has 84 valence electrons. The number of nitrogens with zero attached hydrogens (tertiary/aromatic N) is 2. The molecule has 1 fully saturated rings. The van der Waals surface area contributed by atoms with Crippen molar-refractivity contribution >= 4 is 11.6 Å². The van der Waals surface area contributed by atoms with Crippen LogP contribution in [0.25, 0.3) is 0 Å². The molecule has 1 aliphatic rings. The molecule has 1 heterocycles. The first-order valence-electron chi connectivity index (χ1n) is 5.41. The second-order valence-corrected chi connectivity index (χ2v) is 4.31. The molecule has 1 N–H and O–H groups in total. The average molecular weight is 236 g/mol. The Morgan fingerprint density at radius 1 is 1.25 bits per heavy atom. The third-order valence-corrected chi connectivity index (χ3v) is 3.08. The molecule has 0 radical (unpaired) electrons. The van der Waals surface area contributed by atoms with Gasteiger partial charge in [0.2, 0.25) is 0 Å². The standard InChI is InChI=1S/C12H14ClN3/c13-11-3-1-10(2-4-11)12(9-14)16-7-5-15-6-8-16/h1-4,12,15H,5-8H2/t12-/m0/s1. The molecule has 1 saturated heterocycles. The lowest BCUT2D eigenvalue weighted by molar-refractivity contribution is 0.207. The van der Waals surface area contributed by atoms with Gasteiger partial charge in [0, 0.05) is 31.2 Å². The van der Waals surface area contributed by atoms with Crippen molar-refractivity contribution < 1.29 is 0 Å². The molecule has 4 heteroatoms. The smallest absolute Gasteiger partial charge is 0.123 e. The van der Waals surface area contributed by atoms with Crippen molar-refractivity contribution in [3.05, 3.63) is 34.9 Å². The van der Waals surface area contributed by atoms with Crippen LogP contribution in [0.4, 0.5) is 0 Å². The first-order chi connectivity index (χ1) is 7.81. The number of rotatable bonds is 2. The molecule has 3 nitrogen and oxygen atoms in total. The van der Waals surface area contributed by atoms with Crippen LogP contribution in [0.2, 0.25) is 5.02 Å². The fourth-order valence-electron chi connectivity index (χ4n) is 1.95. The number of hydrogen-bond donors (Lipinski definition) is 1. The van der Waals surface area contributed by atoms with E-state index in [1.807, 2.05) is 24.3 Å². The van der Waals surface area contributed by atoms with Gasteiger partial charge < -0.3 is 5.32 Å². The van der Waals surface area contributed by atoms with Gasteiger partial charge in [-0.2, -0.15) is 5.26 Å². The molecule has 0 unspecified atom stereocenters. The number of nitrogens with one attached hydrogen (secondary N) is 1. The van der Waals surface area contributed by atoms with Gasteiger partial charge in [-0.25, -0.2) is 0 Å². The van der Waals surface area contributed by atoms with E-state index in [0.29, 0.717) is 5.02 Å². The summed E-state index contributed by atoms with van der Waals surface area (Å²) in [5.74, 6) is 0. The summed E-state index contributed by atoms with van der Waals surface area (Å²) in [6.45, 7) is 3.74. The zero-order chi connectivity index (χ0) is 11.4. The second-order valence-electron chi connectivity index (χ2n) is 3.87. The van der Waals surface area contributed by atoms with Gasteiger partial charge in [-0.1, -0.05) is 23.7 Å². The summed E-state index contributed by atoms with van der Waals surface area (Å²) in [6, 6.07) is 9.74. The molecular weight excluding hydrogens is 222 g/mol. The van der Waals surface area contributed by atoms with E-state index in [9.17, 15) is 5.26 Å². The van der Waals surface area contributed by atoms with E-state index in [1.165, 1.54) is 0 Å². The highest BCUT2D eigenvalue weighted by molar-refractivity contribution is 6.30. The molecule has 1 atom stereocenters. The van der Waals surface area contributed by atoms with Crippen molar-refractivity contribution in [2.24, 2.45) is 0 Å². The van der Waals surface area contributed by atoms with E-state index >= 15 is 0 Å². The Labute approximate surface area is 101 Å². The molecule has 1 aromatic rings. The number of benzene rings is 1. The number of nitriles is 1. The van der Waals surface area contributed by atoms with Gasteiger partial charge in [0.1, 0.15) is 6.04 Å². The predicted octanol–water partition coefficient (Wildman–Crippen LogP) is 1.81. The van der Waals surface area contributed by atoms with Gasteiger partial charge in [0.15, 0.2) is 0 Å². The van der Waals surface area contributed by atoms with Crippen LogP contribution in [0.5, 0.6) is 0 Å². The predicted molar refractivity (Wildman–Crippen MR) is 64.2 cm³/mol. The largest absolute Gasteiger partial charge is 0.314 e. The summed E-state index contributed by atoms with van der Waals surface area (Å²) in [4.78, 5) is 2.19. The maximum atomic E-state index is 9.26. The normalized spacial score (nSPS) is 19.0. The highest BCUT2D eigenvalue weighted by atomic mass is 35.5. The first kappa shape index (κ1) is 11.4. The molecule has 0 saturated carbocycles. The Hall–Kier alpha value is -1.08. The van der Waals surface area contributed by atoms with Gasteiger partial charge in [0.25, 0.3) is 0 Å². The van der Waals surface area contributed by atoms with Crippen LogP contribution in [0.15, 0.2) is 24.3 Å². The quantitative estimate of drug-likeness (QED) is 0.850. The van der Waals surface area contributed by atoms with Crippen molar-refractivity contribution in [1.82, 2.24) is 10.2 Å². The van der Waals surface area contributed by atoms with Crippen LogP contribution in [0.1, 0.15) is 11.6 Å². The molecule has 0 spiro atoms. The number of halogens is 1. The summed E-state index contributed by atoms with van der Waals surface area (Å²) in [6.07, 6.45) is 0. The van der Waals surface area contributed by atoms with Crippen LogP contribution in [-0.4, -0.2) is 31.1 Å². The molecule has 0 aliphatic carbocycles. The van der Waals surface area contributed by atoms with E-state index in [1.54, 1.807) is 0 Å². The summed E-state index contributed by atoms with van der Waals surface area (Å²) in [5, 5.41) is 13.2. The lowest BCUT2D eigenvalue weighted by Gasteiger charge is -2.31. The van der Waals surface area contributed by atoms with Crippen LogP contribution < -0.4 is 5.32 Å². The SMILES string of the molecule is N#C[C@@H](c1ccc(Cl)cc1)N1CCNCC1. The van der Waals surface area contributed by atoms with Crippen LogP contribution in [0, 0.1) is 11.3 Å². The van der Waals surface area contributed by atoms with Crippen LogP contribution >= 0.6 is 11.6 Å². The fourth-order valence-corrected chi connectivity index (χ4v) is 2.08. The monoisotopic (exact) mass is 235 g/mol. The zero-order valence-corrected chi connectivity index (χ0v) is 9.74. The van der Waals surface area contributed by atoms with E-state index in [0.717, 1.165) is 31.7 Å². The number of hydrogen-bond acceptors (Lipinski definition) is 3. The highest BCUT2D eigenvalue weighted by Crippen LogP contribution is 2.21. The van der Waals surface area contributed by atoms with Crippen molar-refractivity contribution in [2.75, 3.05) is 26.2 Å². The molecule has 1 aliphatic heterocycles. The molecule has 0 bridgehead atoms. The summed E-state index contributed by atoms with van der Waals surface area (Å²) < 4.78 is 0. The Morgan fingerprint density at radius 2 is 1.88 bits per heavy atom. The Morgan fingerprint density at radius 3 is 2.44 bits per heavy atom.